The van der Waals surface area contributed by atoms with Crippen LogP contribution in [0.15, 0.2) is 77.4 Å². The molecule has 31 heavy (non-hydrogen) atoms. The molecule has 3 aromatic carbocycles. The lowest BCUT2D eigenvalue weighted by Crippen LogP contribution is -2.05. The molecular formula is C25H20INO4. The summed E-state index contributed by atoms with van der Waals surface area (Å²) in [5, 5.41) is 0. The van der Waals surface area contributed by atoms with Crippen LogP contribution in [-0.4, -0.2) is 19.0 Å². The van der Waals surface area contributed by atoms with Crippen LogP contribution in [0.2, 0.25) is 0 Å². The van der Waals surface area contributed by atoms with E-state index in [-0.39, 0.29) is 11.6 Å². The summed E-state index contributed by atoms with van der Waals surface area (Å²) in [5.74, 6) is 0.915. The van der Waals surface area contributed by atoms with Gasteiger partial charge in [-0.3, -0.25) is 0 Å². The van der Waals surface area contributed by atoms with Gasteiger partial charge in [0.15, 0.2) is 17.2 Å². The summed E-state index contributed by atoms with van der Waals surface area (Å²) in [7, 11) is 1.59. The highest BCUT2D eigenvalue weighted by Gasteiger charge is 2.25. The molecule has 156 valence electrons. The van der Waals surface area contributed by atoms with Crippen LogP contribution in [0, 0.1) is 10.5 Å². The molecule has 0 amide bonds. The zero-order chi connectivity index (χ0) is 21.8. The molecule has 0 N–H and O–H groups in total. The molecule has 0 saturated carbocycles. The van der Waals surface area contributed by atoms with E-state index in [0.29, 0.717) is 23.7 Å². The second-order valence-corrected chi connectivity index (χ2v) is 8.24. The van der Waals surface area contributed by atoms with Crippen molar-refractivity contribution in [2.75, 3.05) is 7.11 Å². The van der Waals surface area contributed by atoms with Gasteiger partial charge in [-0.1, -0.05) is 42.0 Å². The number of ether oxygens (including phenoxy) is 3. The lowest BCUT2D eigenvalue weighted by Gasteiger charge is -2.14. The van der Waals surface area contributed by atoms with Crippen LogP contribution in [0.5, 0.6) is 11.5 Å². The molecule has 0 saturated heterocycles. The minimum atomic E-state index is -0.499. The van der Waals surface area contributed by atoms with Gasteiger partial charge in [-0.25, -0.2) is 9.79 Å². The van der Waals surface area contributed by atoms with Gasteiger partial charge in [-0.05, 0) is 71.5 Å². The number of halogens is 1. The summed E-state index contributed by atoms with van der Waals surface area (Å²) in [6.45, 7) is 2.41. The van der Waals surface area contributed by atoms with E-state index in [0.717, 1.165) is 20.3 Å². The molecule has 0 unspecified atom stereocenters. The quantitative estimate of drug-likeness (QED) is 0.241. The van der Waals surface area contributed by atoms with Crippen LogP contribution >= 0.6 is 22.6 Å². The number of carbonyl (C=O) groups excluding carboxylic acids is 1. The molecule has 6 heteroatoms. The van der Waals surface area contributed by atoms with Gasteiger partial charge < -0.3 is 14.2 Å². The molecule has 0 radical (unpaired) electrons. The highest BCUT2D eigenvalue weighted by molar-refractivity contribution is 14.1. The molecule has 4 rings (SSSR count). The summed E-state index contributed by atoms with van der Waals surface area (Å²) < 4.78 is 18.1. The standard InChI is InChI=1S/C25H20INO4/c1-16-5-3-6-17(13-16)15-30-23-19(7-4-8-22(23)29-2)14-21-25(28)31-24(27-21)18-9-11-20(26)12-10-18/h3-14H,15H2,1-2H3/b21-14-. The average molecular weight is 525 g/mol. The number of carbonyl (C=O) groups is 1. The smallest absolute Gasteiger partial charge is 0.363 e. The van der Waals surface area contributed by atoms with Gasteiger partial charge in [0, 0.05) is 14.7 Å². The van der Waals surface area contributed by atoms with Crippen molar-refractivity contribution >= 4 is 40.5 Å². The van der Waals surface area contributed by atoms with Crippen molar-refractivity contribution in [3.8, 4) is 11.5 Å². The molecular weight excluding hydrogens is 505 g/mol. The fourth-order valence-electron chi connectivity index (χ4n) is 3.19. The van der Waals surface area contributed by atoms with E-state index in [1.165, 1.54) is 0 Å². The Balaban J connectivity index is 1.65. The Morgan fingerprint density at radius 1 is 1.06 bits per heavy atom. The molecule has 1 heterocycles. The summed E-state index contributed by atoms with van der Waals surface area (Å²) in [6, 6.07) is 21.2. The van der Waals surface area contributed by atoms with Gasteiger partial charge in [0.1, 0.15) is 6.61 Å². The van der Waals surface area contributed by atoms with Crippen LogP contribution in [0.25, 0.3) is 6.08 Å². The number of aliphatic imine (C=N–C) groups is 1. The minimum absolute atomic E-state index is 0.210. The summed E-state index contributed by atoms with van der Waals surface area (Å²) >= 11 is 2.22. The first-order valence-corrected chi connectivity index (χ1v) is 10.8. The highest BCUT2D eigenvalue weighted by atomic mass is 127. The number of methoxy groups -OCH3 is 1. The first-order valence-electron chi connectivity index (χ1n) is 9.67. The van der Waals surface area contributed by atoms with E-state index in [1.807, 2.05) is 67.6 Å². The van der Waals surface area contributed by atoms with Gasteiger partial charge in [0.05, 0.1) is 7.11 Å². The van der Waals surface area contributed by atoms with Crippen molar-refractivity contribution in [1.82, 2.24) is 0 Å². The molecule has 0 spiro atoms. The fraction of sp³-hybridized carbons (Fsp3) is 0.120. The van der Waals surface area contributed by atoms with Crippen molar-refractivity contribution in [3.63, 3.8) is 0 Å². The van der Waals surface area contributed by atoms with Gasteiger partial charge in [-0.2, -0.15) is 0 Å². The predicted molar refractivity (Wildman–Crippen MR) is 128 cm³/mol. The Bertz CT molecular complexity index is 1180. The SMILES string of the molecule is COc1cccc(/C=C2\N=C(c3ccc(I)cc3)OC2=O)c1OCc1cccc(C)c1. The first-order chi connectivity index (χ1) is 15.0. The fourth-order valence-corrected chi connectivity index (χ4v) is 3.55. The second kappa shape index (κ2) is 9.34. The van der Waals surface area contributed by atoms with Crippen LogP contribution < -0.4 is 9.47 Å². The normalized spacial score (nSPS) is 14.4. The summed E-state index contributed by atoms with van der Waals surface area (Å²) in [5.41, 5.74) is 3.85. The maximum atomic E-state index is 12.4. The minimum Gasteiger partial charge on any atom is -0.493 e. The number of esters is 1. The van der Waals surface area contributed by atoms with E-state index in [2.05, 4.69) is 33.6 Å². The largest absolute Gasteiger partial charge is 0.493 e. The summed E-state index contributed by atoms with van der Waals surface area (Å²) in [4.78, 5) is 16.8. The van der Waals surface area contributed by atoms with Crippen molar-refractivity contribution in [3.05, 3.63) is 98.3 Å². The Morgan fingerprint density at radius 2 is 1.84 bits per heavy atom. The van der Waals surface area contributed by atoms with Gasteiger partial charge >= 0.3 is 5.97 Å². The van der Waals surface area contributed by atoms with Crippen molar-refractivity contribution in [2.24, 2.45) is 4.99 Å². The Kier molecular flexibility index (Phi) is 6.36. The number of hydrogen-bond donors (Lipinski definition) is 0. The lowest BCUT2D eigenvalue weighted by atomic mass is 10.1. The number of cyclic esters (lactones) is 1. The zero-order valence-electron chi connectivity index (χ0n) is 17.1. The molecule has 1 aliphatic rings. The molecule has 1 aliphatic heterocycles. The molecule has 0 bridgehead atoms. The molecule has 0 aliphatic carbocycles. The number of nitrogens with zero attached hydrogens (tertiary/aromatic N) is 1. The van der Waals surface area contributed by atoms with Crippen molar-refractivity contribution in [2.45, 2.75) is 13.5 Å². The average Bonchev–Trinajstić information content (AvgIpc) is 3.13. The number of aryl methyl sites for hydroxylation is 1. The van der Waals surface area contributed by atoms with E-state index < -0.39 is 5.97 Å². The Hall–Kier alpha value is -3.13. The second-order valence-electron chi connectivity index (χ2n) is 7.00. The van der Waals surface area contributed by atoms with Crippen LogP contribution in [0.3, 0.4) is 0 Å². The van der Waals surface area contributed by atoms with E-state index >= 15 is 0 Å². The monoisotopic (exact) mass is 525 g/mol. The Labute approximate surface area is 194 Å². The highest BCUT2D eigenvalue weighted by Crippen LogP contribution is 2.34. The van der Waals surface area contributed by atoms with Gasteiger partial charge in [0.25, 0.3) is 0 Å². The van der Waals surface area contributed by atoms with Crippen molar-refractivity contribution in [1.29, 1.82) is 0 Å². The predicted octanol–water partition coefficient (Wildman–Crippen LogP) is 5.53. The van der Waals surface area contributed by atoms with E-state index in [1.54, 1.807) is 13.2 Å². The number of hydrogen-bond acceptors (Lipinski definition) is 5. The van der Waals surface area contributed by atoms with E-state index in [4.69, 9.17) is 14.2 Å². The summed E-state index contributed by atoms with van der Waals surface area (Å²) in [6.07, 6.45) is 1.66. The van der Waals surface area contributed by atoms with Crippen LogP contribution in [-0.2, 0) is 16.1 Å². The maximum Gasteiger partial charge on any atom is 0.363 e. The third-order valence-corrected chi connectivity index (χ3v) is 5.42. The van der Waals surface area contributed by atoms with Crippen LogP contribution in [0.4, 0.5) is 0 Å². The third-order valence-electron chi connectivity index (χ3n) is 4.70. The molecule has 0 aromatic heterocycles. The maximum absolute atomic E-state index is 12.4. The van der Waals surface area contributed by atoms with E-state index in [9.17, 15) is 4.79 Å². The van der Waals surface area contributed by atoms with Gasteiger partial charge in [0.2, 0.25) is 5.90 Å². The first kappa shape index (κ1) is 21.1. The molecule has 3 aromatic rings. The van der Waals surface area contributed by atoms with Gasteiger partial charge in [-0.15, -0.1) is 0 Å². The molecule has 0 fully saturated rings. The molecule has 0 atom stereocenters. The third kappa shape index (κ3) is 4.96. The lowest BCUT2D eigenvalue weighted by molar-refractivity contribution is -0.129. The number of para-hydroxylation sites is 1. The number of rotatable bonds is 6. The number of benzene rings is 3. The Morgan fingerprint density at radius 3 is 2.58 bits per heavy atom. The molecule has 5 nitrogen and oxygen atoms in total. The van der Waals surface area contributed by atoms with Crippen molar-refractivity contribution < 1.29 is 19.0 Å². The zero-order valence-corrected chi connectivity index (χ0v) is 19.3. The van der Waals surface area contributed by atoms with Crippen LogP contribution in [0.1, 0.15) is 22.3 Å². The topological polar surface area (TPSA) is 57.1 Å².